The molecule has 2 aromatic rings. The molecular formula is C17H20ClN3O3. The Balaban J connectivity index is 1.45. The second kappa shape index (κ2) is 7.68. The maximum absolute atomic E-state index is 11.9. The lowest BCUT2D eigenvalue weighted by atomic mass is 10.1. The zero-order valence-electron chi connectivity index (χ0n) is 13.1. The summed E-state index contributed by atoms with van der Waals surface area (Å²) in [6.07, 6.45) is 3.54. The highest BCUT2D eigenvalue weighted by atomic mass is 35.5. The van der Waals surface area contributed by atoms with E-state index in [-0.39, 0.29) is 18.6 Å². The molecule has 1 heterocycles. The molecule has 24 heavy (non-hydrogen) atoms. The molecular weight excluding hydrogens is 330 g/mol. The first-order chi connectivity index (χ1) is 11.6. The summed E-state index contributed by atoms with van der Waals surface area (Å²) >= 11 is 5.85. The van der Waals surface area contributed by atoms with E-state index in [1.54, 1.807) is 17.1 Å². The van der Waals surface area contributed by atoms with Gasteiger partial charge >= 0.3 is 6.09 Å². The average molecular weight is 350 g/mol. The minimum absolute atomic E-state index is 0.213. The van der Waals surface area contributed by atoms with Gasteiger partial charge in [0.15, 0.2) is 0 Å². The van der Waals surface area contributed by atoms with Gasteiger partial charge in [-0.2, -0.15) is 5.10 Å². The molecule has 0 aliphatic heterocycles. The third kappa shape index (κ3) is 4.49. The van der Waals surface area contributed by atoms with Crippen molar-refractivity contribution in [3.8, 4) is 0 Å². The summed E-state index contributed by atoms with van der Waals surface area (Å²) in [4.78, 5) is 11.9. The standard InChI is InChI=1S/C17H20ClN3O3/c18-14-8-19-21(10-14)9-13-6-15(16(22)7-13)20-17(23)24-11-12-4-2-1-3-5-12/h1-5,8,10,13,15-16,22H,6-7,9,11H2,(H,20,23)/t13?,15-,16-/m1/s1. The van der Waals surface area contributed by atoms with E-state index in [0.717, 1.165) is 5.56 Å². The minimum atomic E-state index is -0.578. The molecule has 1 aliphatic carbocycles. The van der Waals surface area contributed by atoms with Gasteiger partial charge in [-0.3, -0.25) is 4.68 Å². The first-order valence-electron chi connectivity index (χ1n) is 7.93. The number of ether oxygens (including phenoxy) is 1. The number of halogens is 1. The first kappa shape index (κ1) is 16.8. The van der Waals surface area contributed by atoms with Crippen molar-refractivity contribution < 1.29 is 14.6 Å². The largest absolute Gasteiger partial charge is 0.445 e. The number of aliphatic hydroxyl groups is 1. The van der Waals surface area contributed by atoms with E-state index in [0.29, 0.717) is 24.4 Å². The Bertz CT molecular complexity index is 677. The zero-order chi connectivity index (χ0) is 16.9. The predicted molar refractivity (Wildman–Crippen MR) is 89.5 cm³/mol. The van der Waals surface area contributed by atoms with Crippen molar-refractivity contribution >= 4 is 17.7 Å². The van der Waals surface area contributed by atoms with Crippen LogP contribution in [0.3, 0.4) is 0 Å². The summed E-state index contributed by atoms with van der Waals surface area (Å²) in [5, 5.41) is 17.6. The second-order valence-electron chi connectivity index (χ2n) is 6.10. The molecule has 0 spiro atoms. The van der Waals surface area contributed by atoms with Gasteiger partial charge in [-0.05, 0) is 24.3 Å². The van der Waals surface area contributed by atoms with Crippen LogP contribution in [0.5, 0.6) is 0 Å². The van der Waals surface area contributed by atoms with Crippen molar-refractivity contribution in [2.24, 2.45) is 5.92 Å². The average Bonchev–Trinajstić information content (AvgIpc) is 3.12. The van der Waals surface area contributed by atoms with E-state index < -0.39 is 12.2 Å². The molecule has 0 bridgehead atoms. The third-order valence-corrected chi connectivity index (χ3v) is 4.38. The molecule has 3 rings (SSSR count). The van der Waals surface area contributed by atoms with Crippen molar-refractivity contribution in [1.82, 2.24) is 15.1 Å². The Morgan fingerprint density at radius 2 is 2.17 bits per heavy atom. The quantitative estimate of drug-likeness (QED) is 0.870. The molecule has 1 aromatic carbocycles. The van der Waals surface area contributed by atoms with Crippen molar-refractivity contribution in [2.45, 2.75) is 38.1 Å². The van der Waals surface area contributed by atoms with Crippen molar-refractivity contribution in [3.05, 3.63) is 53.3 Å². The van der Waals surface area contributed by atoms with Gasteiger partial charge in [0.05, 0.1) is 23.4 Å². The number of benzene rings is 1. The third-order valence-electron chi connectivity index (χ3n) is 4.19. The highest BCUT2D eigenvalue weighted by Gasteiger charge is 2.34. The Labute approximate surface area is 145 Å². The lowest BCUT2D eigenvalue weighted by Crippen LogP contribution is -2.40. The smallest absolute Gasteiger partial charge is 0.407 e. The molecule has 7 heteroatoms. The van der Waals surface area contributed by atoms with Gasteiger partial charge in [0, 0.05) is 12.7 Å². The molecule has 0 saturated heterocycles. The number of nitrogens with zero attached hydrogens (tertiary/aromatic N) is 2. The number of carbonyl (C=O) groups is 1. The van der Waals surface area contributed by atoms with Gasteiger partial charge in [-0.1, -0.05) is 41.9 Å². The van der Waals surface area contributed by atoms with Crippen LogP contribution in [0.4, 0.5) is 4.79 Å². The molecule has 1 fully saturated rings. The SMILES string of the molecule is O=C(N[C@@H]1CC(Cn2cc(Cl)cn2)C[C@H]1O)OCc1ccccc1. The Kier molecular flexibility index (Phi) is 5.37. The van der Waals surface area contributed by atoms with Crippen LogP contribution in [0.25, 0.3) is 0 Å². The number of aromatic nitrogens is 2. The molecule has 128 valence electrons. The van der Waals surface area contributed by atoms with Crippen molar-refractivity contribution in [2.75, 3.05) is 0 Å². The molecule has 1 unspecified atom stereocenters. The van der Waals surface area contributed by atoms with Crippen LogP contribution in [-0.4, -0.2) is 33.1 Å². The van der Waals surface area contributed by atoms with E-state index >= 15 is 0 Å². The van der Waals surface area contributed by atoms with Crippen LogP contribution < -0.4 is 5.32 Å². The highest BCUT2D eigenvalue weighted by molar-refractivity contribution is 6.30. The van der Waals surface area contributed by atoms with Crippen LogP contribution in [0.15, 0.2) is 42.7 Å². The number of hydrogen-bond donors (Lipinski definition) is 2. The van der Waals surface area contributed by atoms with Gasteiger partial charge < -0.3 is 15.2 Å². The van der Waals surface area contributed by atoms with Crippen LogP contribution in [0, 0.1) is 5.92 Å². The van der Waals surface area contributed by atoms with Crippen LogP contribution in [0.2, 0.25) is 5.02 Å². The zero-order valence-corrected chi connectivity index (χ0v) is 13.9. The Morgan fingerprint density at radius 3 is 2.88 bits per heavy atom. The predicted octanol–water partition coefficient (Wildman–Crippen LogP) is 2.60. The van der Waals surface area contributed by atoms with Crippen LogP contribution in [0.1, 0.15) is 18.4 Å². The fourth-order valence-corrected chi connectivity index (χ4v) is 3.20. The summed E-state index contributed by atoms with van der Waals surface area (Å²) in [6.45, 7) is 0.881. The van der Waals surface area contributed by atoms with Crippen molar-refractivity contribution in [1.29, 1.82) is 0 Å². The normalized spacial score (nSPS) is 23.2. The molecule has 1 saturated carbocycles. The van der Waals surface area contributed by atoms with E-state index in [1.807, 2.05) is 30.3 Å². The number of carbonyl (C=O) groups excluding carboxylic acids is 1. The minimum Gasteiger partial charge on any atom is -0.445 e. The number of rotatable bonds is 5. The maximum Gasteiger partial charge on any atom is 0.407 e. The maximum atomic E-state index is 11.9. The molecule has 2 N–H and O–H groups in total. The molecule has 1 amide bonds. The highest BCUT2D eigenvalue weighted by Crippen LogP contribution is 2.27. The summed E-state index contributed by atoms with van der Waals surface area (Å²) in [5.74, 6) is 0.232. The summed E-state index contributed by atoms with van der Waals surface area (Å²) < 4.78 is 6.96. The van der Waals surface area contributed by atoms with E-state index in [1.165, 1.54) is 0 Å². The second-order valence-corrected chi connectivity index (χ2v) is 6.53. The molecule has 1 aliphatic rings. The van der Waals surface area contributed by atoms with Crippen LogP contribution in [-0.2, 0) is 17.9 Å². The fraction of sp³-hybridized carbons (Fsp3) is 0.412. The van der Waals surface area contributed by atoms with Gasteiger partial charge in [-0.25, -0.2) is 4.79 Å². The van der Waals surface area contributed by atoms with Gasteiger partial charge in [-0.15, -0.1) is 0 Å². The molecule has 6 nitrogen and oxygen atoms in total. The number of amides is 1. The molecule has 1 aromatic heterocycles. The van der Waals surface area contributed by atoms with Gasteiger partial charge in [0.25, 0.3) is 0 Å². The molecule has 0 radical (unpaired) electrons. The lowest BCUT2D eigenvalue weighted by molar-refractivity contribution is 0.112. The summed E-state index contributed by atoms with van der Waals surface area (Å²) in [6, 6.07) is 9.17. The molecule has 3 atom stereocenters. The Morgan fingerprint density at radius 1 is 1.38 bits per heavy atom. The first-order valence-corrected chi connectivity index (χ1v) is 8.31. The van der Waals surface area contributed by atoms with Crippen LogP contribution >= 0.6 is 11.6 Å². The van der Waals surface area contributed by atoms with E-state index in [4.69, 9.17) is 16.3 Å². The number of alkyl carbamates (subject to hydrolysis) is 1. The number of nitrogens with one attached hydrogen (secondary N) is 1. The van der Waals surface area contributed by atoms with E-state index in [9.17, 15) is 9.90 Å². The van der Waals surface area contributed by atoms with Gasteiger partial charge in [0.1, 0.15) is 6.61 Å². The number of aliphatic hydroxyl groups excluding tert-OH is 1. The van der Waals surface area contributed by atoms with E-state index in [2.05, 4.69) is 10.4 Å². The fourth-order valence-electron chi connectivity index (χ4n) is 3.04. The number of hydrogen-bond acceptors (Lipinski definition) is 4. The summed E-state index contributed by atoms with van der Waals surface area (Å²) in [7, 11) is 0. The van der Waals surface area contributed by atoms with Crippen molar-refractivity contribution in [3.63, 3.8) is 0 Å². The monoisotopic (exact) mass is 349 g/mol. The Hall–Kier alpha value is -2.05. The van der Waals surface area contributed by atoms with Gasteiger partial charge in [0.2, 0.25) is 0 Å². The topological polar surface area (TPSA) is 76.4 Å². The lowest BCUT2D eigenvalue weighted by Gasteiger charge is -2.16. The summed E-state index contributed by atoms with van der Waals surface area (Å²) in [5.41, 5.74) is 0.924.